The van der Waals surface area contributed by atoms with Crippen molar-refractivity contribution in [3.63, 3.8) is 0 Å². The number of benzene rings is 1. The van der Waals surface area contributed by atoms with Gasteiger partial charge in [0.25, 0.3) is 11.8 Å². The van der Waals surface area contributed by atoms with Gasteiger partial charge in [-0.1, -0.05) is 0 Å². The number of nitrogens with zero attached hydrogens (tertiary/aromatic N) is 1. The van der Waals surface area contributed by atoms with Crippen LogP contribution in [-0.2, 0) is 0 Å². The number of fused-ring (bicyclic) bond motifs is 1. The van der Waals surface area contributed by atoms with E-state index in [-0.39, 0.29) is 5.56 Å². The van der Waals surface area contributed by atoms with Crippen molar-refractivity contribution in [3.05, 3.63) is 70.3 Å². The summed E-state index contributed by atoms with van der Waals surface area (Å²) in [5, 5.41) is 0.554. The molecule has 2 N–H and O–H groups in total. The van der Waals surface area contributed by atoms with Crippen LogP contribution in [-0.4, -0.2) is 23.4 Å². The van der Waals surface area contributed by atoms with Crippen molar-refractivity contribution in [2.75, 3.05) is 6.61 Å². The maximum absolute atomic E-state index is 12.2. The molecule has 0 radical (unpaired) electrons. The molecule has 0 unspecified atom stereocenters. The molecule has 2 amide bonds. The molecule has 132 valence electrons. The zero-order valence-electron chi connectivity index (χ0n) is 13.8. The Bertz CT molecular complexity index is 1010. The van der Waals surface area contributed by atoms with E-state index in [0.717, 1.165) is 0 Å². The second kappa shape index (κ2) is 7.47. The average Bonchev–Trinajstić information content (AvgIpc) is 2.66. The Labute approximate surface area is 147 Å². The lowest BCUT2D eigenvalue weighted by atomic mass is 10.1. The molecule has 0 saturated carbocycles. The maximum Gasteiger partial charge on any atom is 0.349 e. The molecule has 26 heavy (non-hydrogen) atoms. The van der Waals surface area contributed by atoms with Crippen LogP contribution in [0.2, 0.25) is 0 Å². The first-order valence-electron chi connectivity index (χ1n) is 7.80. The molecule has 0 spiro atoms. The fraction of sp³-hybridized carbons (Fsp3) is 0.111. The molecular formula is C18H15N3O5. The highest BCUT2D eigenvalue weighted by molar-refractivity contribution is 6.00. The molecule has 1 aromatic carbocycles. The predicted octanol–water partition coefficient (Wildman–Crippen LogP) is 1.66. The Hall–Kier alpha value is -3.68. The molecule has 0 aliphatic carbocycles. The topological polar surface area (TPSA) is 111 Å². The Balaban J connectivity index is 1.77. The maximum atomic E-state index is 12.2. The average molecular weight is 353 g/mol. The highest BCUT2D eigenvalue weighted by Crippen LogP contribution is 2.20. The fourth-order valence-corrected chi connectivity index (χ4v) is 2.26. The van der Waals surface area contributed by atoms with Crippen molar-refractivity contribution >= 4 is 22.8 Å². The van der Waals surface area contributed by atoms with E-state index in [1.54, 1.807) is 18.2 Å². The van der Waals surface area contributed by atoms with Crippen molar-refractivity contribution in [3.8, 4) is 5.75 Å². The predicted molar refractivity (Wildman–Crippen MR) is 92.8 cm³/mol. The largest absolute Gasteiger partial charge is 0.494 e. The third kappa shape index (κ3) is 3.69. The zero-order valence-corrected chi connectivity index (χ0v) is 13.8. The number of amides is 2. The molecule has 2 heterocycles. The summed E-state index contributed by atoms with van der Waals surface area (Å²) in [7, 11) is 0. The first-order valence-corrected chi connectivity index (χ1v) is 7.80. The monoisotopic (exact) mass is 353 g/mol. The number of carbonyl (C=O) groups excluding carboxylic acids is 2. The molecule has 0 aliphatic rings. The van der Waals surface area contributed by atoms with E-state index in [1.807, 2.05) is 6.92 Å². The molecule has 0 saturated heterocycles. The first-order chi connectivity index (χ1) is 12.6. The van der Waals surface area contributed by atoms with E-state index in [0.29, 0.717) is 28.9 Å². The number of nitrogens with one attached hydrogen (secondary N) is 2. The summed E-state index contributed by atoms with van der Waals surface area (Å²) in [5.74, 6) is -0.755. The van der Waals surface area contributed by atoms with Gasteiger partial charge >= 0.3 is 5.63 Å². The SMILES string of the molecule is CCOc1ccc2cc(C(=O)NNC(=O)c3ccncc3)c(=O)oc2c1. The van der Waals surface area contributed by atoms with Crippen LogP contribution in [0.25, 0.3) is 11.0 Å². The van der Waals surface area contributed by atoms with E-state index in [4.69, 9.17) is 9.15 Å². The molecule has 8 heteroatoms. The quantitative estimate of drug-likeness (QED) is 0.545. The first kappa shape index (κ1) is 17.2. The van der Waals surface area contributed by atoms with E-state index in [9.17, 15) is 14.4 Å². The molecular weight excluding hydrogens is 338 g/mol. The van der Waals surface area contributed by atoms with Gasteiger partial charge in [0.15, 0.2) is 0 Å². The number of hydrazine groups is 1. The summed E-state index contributed by atoms with van der Waals surface area (Å²) in [5.41, 5.74) is 4.00. The van der Waals surface area contributed by atoms with Gasteiger partial charge in [-0.25, -0.2) is 4.79 Å². The second-order valence-electron chi connectivity index (χ2n) is 5.22. The molecule has 3 rings (SSSR count). The van der Waals surface area contributed by atoms with Crippen molar-refractivity contribution in [1.82, 2.24) is 15.8 Å². The minimum Gasteiger partial charge on any atom is -0.494 e. The zero-order chi connectivity index (χ0) is 18.5. The molecule has 8 nitrogen and oxygen atoms in total. The molecule has 0 fully saturated rings. The van der Waals surface area contributed by atoms with Gasteiger partial charge in [0.1, 0.15) is 16.9 Å². The standard InChI is InChI=1S/C18H15N3O5/c1-2-25-13-4-3-12-9-14(18(24)26-15(12)10-13)17(23)21-20-16(22)11-5-7-19-8-6-11/h3-10H,2H2,1H3,(H,20,22)(H,21,23). The van der Waals surface area contributed by atoms with Crippen LogP contribution in [0.1, 0.15) is 27.6 Å². The number of ether oxygens (including phenoxy) is 1. The Morgan fingerprint density at radius 2 is 1.81 bits per heavy atom. The minimum atomic E-state index is -0.818. The van der Waals surface area contributed by atoms with Crippen molar-refractivity contribution in [2.45, 2.75) is 6.92 Å². The van der Waals surface area contributed by atoms with Gasteiger partial charge in [0.2, 0.25) is 0 Å². The third-order valence-corrected chi connectivity index (χ3v) is 3.50. The van der Waals surface area contributed by atoms with E-state index in [2.05, 4.69) is 15.8 Å². The minimum absolute atomic E-state index is 0.225. The Morgan fingerprint density at radius 1 is 1.08 bits per heavy atom. The van der Waals surface area contributed by atoms with Gasteiger partial charge in [-0.15, -0.1) is 0 Å². The summed E-state index contributed by atoms with van der Waals surface area (Å²) in [4.78, 5) is 40.0. The van der Waals surface area contributed by atoms with Crippen LogP contribution in [0, 0.1) is 0 Å². The lowest BCUT2D eigenvalue weighted by Gasteiger charge is -2.08. The van der Waals surface area contributed by atoms with E-state index in [1.165, 1.54) is 30.6 Å². The van der Waals surface area contributed by atoms with Crippen molar-refractivity contribution in [2.24, 2.45) is 0 Å². The van der Waals surface area contributed by atoms with Crippen LogP contribution in [0.15, 0.2) is 58.0 Å². The molecule has 0 aliphatic heterocycles. The molecule has 0 atom stereocenters. The summed E-state index contributed by atoms with van der Waals surface area (Å²) in [6.45, 7) is 2.32. The molecule has 2 aromatic heterocycles. The fourth-order valence-electron chi connectivity index (χ4n) is 2.26. The lowest BCUT2D eigenvalue weighted by Crippen LogP contribution is -2.43. The van der Waals surface area contributed by atoms with E-state index >= 15 is 0 Å². The summed E-state index contributed by atoms with van der Waals surface area (Å²) >= 11 is 0. The summed E-state index contributed by atoms with van der Waals surface area (Å²) in [6.07, 6.45) is 2.90. The van der Waals surface area contributed by atoms with Gasteiger partial charge in [-0.05, 0) is 37.3 Å². The van der Waals surface area contributed by atoms with Crippen LogP contribution in [0.4, 0.5) is 0 Å². The van der Waals surface area contributed by atoms with Crippen molar-refractivity contribution in [1.29, 1.82) is 0 Å². The van der Waals surface area contributed by atoms with Crippen molar-refractivity contribution < 1.29 is 18.7 Å². The Morgan fingerprint density at radius 3 is 2.54 bits per heavy atom. The number of rotatable bonds is 4. The van der Waals surface area contributed by atoms with Gasteiger partial charge in [-0.3, -0.25) is 25.4 Å². The normalized spacial score (nSPS) is 10.3. The highest BCUT2D eigenvalue weighted by Gasteiger charge is 2.15. The van der Waals surface area contributed by atoms with E-state index < -0.39 is 17.4 Å². The Kier molecular flexibility index (Phi) is 4.93. The third-order valence-electron chi connectivity index (χ3n) is 3.50. The molecule has 3 aromatic rings. The van der Waals surface area contributed by atoms with Crippen LogP contribution in [0.5, 0.6) is 5.75 Å². The summed E-state index contributed by atoms with van der Waals surface area (Å²) in [6, 6.07) is 9.33. The van der Waals surface area contributed by atoms with Crippen LogP contribution < -0.4 is 21.2 Å². The number of pyridine rings is 1. The number of aromatic nitrogens is 1. The van der Waals surface area contributed by atoms with Gasteiger partial charge < -0.3 is 9.15 Å². The molecule has 0 bridgehead atoms. The number of hydrogen-bond donors (Lipinski definition) is 2. The van der Waals surface area contributed by atoms with Crippen LogP contribution >= 0.6 is 0 Å². The summed E-state index contributed by atoms with van der Waals surface area (Å²) < 4.78 is 10.5. The van der Waals surface area contributed by atoms with Gasteiger partial charge in [0, 0.05) is 29.4 Å². The lowest BCUT2D eigenvalue weighted by molar-refractivity contribution is 0.0844. The number of hydrogen-bond acceptors (Lipinski definition) is 6. The second-order valence-corrected chi connectivity index (χ2v) is 5.22. The van der Waals surface area contributed by atoms with Crippen LogP contribution in [0.3, 0.4) is 0 Å². The smallest absolute Gasteiger partial charge is 0.349 e. The highest BCUT2D eigenvalue weighted by atomic mass is 16.5. The number of carbonyl (C=O) groups is 2. The van der Waals surface area contributed by atoms with Gasteiger partial charge in [-0.2, -0.15) is 0 Å². The van der Waals surface area contributed by atoms with Gasteiger partial charge in [0.05, 0.1) is 6.61 Å².